The summed E-state index contributed by atoms with van der Waals surface area (Å²) in [5, 5.41) is 0.0203. The van der Waals surface area contributed by atoms with Gasteiger partial charge in [-0.2, -0.15) is 0 Å². The average Bonchev–Trinajstić information content (AvgIpc) is 3.32. The Morgan fingerprint density at radius 2 is 1.81 bits per heavy atom. The van der Waals surface area contributed by atoms with Crippen molar-refractivity contribution in [2.75, 3.05) is 17.3 Å². The Hall–Kier alpha value is -3.02. The number of halogens is 2. The highest BCUT2D eigenvalue weighted by atomic mass is 35.5. The first-order chi connectivity index (χ1) is 17.4. The molecule has 0 saturated heterocycles. The fraction of sp³-hybridized carbons (Fsp3) is 0.320. The Bertz CT molecular complexity index is 1380. The van der Waals surface area contributed by atoms with Crippen molar-refractivity contribution in [1.82, 2.24) is 4.98 Å². The van der Waals surface area contributed by atoms with Gasteiger partial charge in [-0.15, -0.1) is 22.9 Å². The molecule has 0 unspecified atom stereocenters. The van der Waals surface area contributed by atoms with E-state index in [-0.39, 0.29) is 40.0 Å². The molecule has 0 saturated carbocycles. The molecule has 0 radical (unpaired) electrons. The van der Waals surface area contributed by atoms with Gasteiger partial charge in [0, 0.05) is 6.42 Å². The maximum Gasteiger partial charge on any atom is 0.360 e. The van der Waals surface area contributed by atoms with E-state index < -0.39 is 33.2 Å². The zero-order chi connectivity index (χ0) is 27.4. The van der Waals surface area contributed by atoms with Crippen LogP contribution in [0.15, 0.2) is 52.9 Å². The van der Waals surface area contributed by atoms with Crippen LogP contribution in [0.25, 0.3) is 0 Å². The van der Waals surface area contributed by atoms with E-state index in [1.807, 2.05) is 0 Å². The highest BCUT2D eigenvalue weighted by Crippen LogP contribution is 2.34. The molecule has 0 aliphatic carbocycles. The average molecular weight is 569 g/mol. The molecular weight excluding hydrogens is 543 g/mol. The molecule has 8 nitrogen and oxygen atoms in total. The monoisotopic (exact) mass is 568 g/mol. The maximum absolute atomic E-state index is 14.8. The van der Waals surface area contributed by atoms with E-state index in [2.05, 4.69) is 4.98 Å². The highest BCUT2D eigenvalue weighted by molar-refractivity contribution is 7.93. The van der Waals surface area contributed by atoms with Crippen LogP contribution in [0.2, 0.25) is 0 Å². The second-order valence-corrected chi connectivity index (χ2v) is 11.9. The third-order valence-electron chi connectivity index (χ3n) is 5.00. The number of carbonyl (C=O) groups is 2. The number of thiazole rings is 1. The van der Waals surface area contributed by atoms with Crippen molar-refractivity contribution in [2.45, 2.75) is 44.2 Å². The largest absolute Gasteiger partial charge is 0.497 e. The number of nitrogens with zero attached hydrogens (tertiary/aromatic N) is 2. The van der Waals surface area contributed by atoms with Crippen molar-refractivity contribution in [3.05, 3.63) is 70.6 Å². The topological polar surface area (TPSA) is 103 Å². The van der Waals surface area contributed by atoms with Gasteiger partial charge in [0.05, 0.1) is 29.9 Å². The van der Waals surface area contributed by atoms with Crippen LogP contribution in [0.3, 0.4) is 0 Å². The minimum Gasteiger partial charge on any atom is -0.497 e. The van der Waals surface area contributed by atoms with Gasteiger partial charge >= 0.3 is 5.97 Å². The summed E-state index contributed by atoms with van der Waals surface area (Å²) in [6.07, 6.45) is -0.261. The molecular formula is C25H26ClFN2O6S2. The van der Waals surface area contributed by atoms with Gasteiger partial charge in [0.2, 0.25) is 0 Å². The van der Waals surface area contributed by atoms with Crippen LogP contribution in [-0.2, 0) is 32.5 Å². The Morgan fingerprint density at radius 1 is 1.14 bits per heavy atom. The van der Waals surface area contributed by atoms with Gasteiger partial charge in [-0.3, -0.25) is 9.10 Å². The highest BCUT2D eigenvalue weighted by Gasteiger charge is 2.33. The number of aromatic nitrogens is 1. The molecule has 0 atom stereocenters. The number of hydrogen-bond donors (Lipinski definition) is 0. The van der Waals surface area contributed by atoms with Gasteiger partial charge in [0.15, 0.2) is 11.5 Å². The maximum atomic E-state index is 14.8. The number of rotatable bonds is 10. The zero-order valence-electron chi connectivity index (χ0n) is 20.7. The van der Waals surface area contributed by atoms with Crippen LogP contribution < -0.4 is 9.04 Å². The summed E-state index contributed by atoms with van der Waals surface area (Å²) in [5.74, 6) is -1.76. The minimum atomic E-state index is -4.40. The third kappa shape index (κ3) is 7.06. The molecule has 0 aliphatic rings. The molecule has 12 heteroatoms. The molecule has 198 valence electrons. The van der Waals surface area contributed by atoms with E-state index in [0.717, 1.165) is 21.7 Å². The number of anilines is 1. The molecule has 1 aromatic heterocycles. The van der Waals surface area contributed by atoms with Crippen molar-refractivity contribution in [3.63, 3.8) is 0 Å². The van der Waals surface area contributed by atoms with Gasteiger partial charge < -0.3 is 9.47 Å². The van der Waals surface area contributed by atoms with Gasteiger partial charge in [0.25, 0.3) is 10.0 Å². The van der Waals surface area contributed by atoms with Crippen LogP contribution in [0, 0.1) is 5.82 Å². The molecule has 0 spiro atoms. The summed E-state index contributed by atoms with van der Waals surface area (Å²) >= 11 is 6.44. The molecule has 0 aliphatic heterocycles. The van der Waals surface area contributed by atoms with Crippen LogP contribution in [0.4, 0.5) is 9.39 Å². The first-order valence-corrected chi connectivity index (χ1v) is 13.9. The number of methoxy groups -OCH3 is 1. The van der Waals surface area contributed by atoms with Crippen molar-refractivity contribution < 1.29 is 31.9 Å². The second kappa shape index (κ2) is 11.6. The number of hydrogen-bond acceptors (Lipinski definition) is 8. The molecule has 0 N–H and O–H groups in total. The quantitative estimate of drug-likeness (QED) is 0.251. The number of carbonyl (C=O) groups excluding carboxylic acids is 2. The Morgan fingerprint density at radius 3 is 2.38 bits per heavy atom. The van der Waals surface area contributed by atoms with Crippen molar-refractivity contribution in [2.24, 2.45) is 0 Å². The normalized spacial score (nSPS) is 11.7. The smallest absolute Gasteiger partial charge is 0.360 e. The van der Waals surface area contributed by atoms with Gasteiger partial charge in [0.1, 0.15) is 22.2 Å². The summed E-state index contributed by atoms with van der Waals surface area (Å²) in [7, 11) is -2.89. The Labute approximate surface area is 224 Å². The predicted molar refractivity (Wildman–Crippen MR) is 139 cm³/mol. The fourth-order valence-corrected chi connectivity index (χ4v) is 5.84. The van der Waals surface area contributed by atoms with Crippen LogP contribution in [0.1, 0.15) is 42.4 Å². The lowest BCUT2D eigenvalue weighted by atomic mass is 10.1. The fourth-order valence-electron chi connectivity index (χ4n) is 3.26. The van der Waals surface area contributed by atoms with Gasteiger partial charge in [-0.05, 0) is 56.2 Å². The number of Topliss-reactive ketones (excluding diaryl/α,β-unsaturated/α-hetero) is 1. The number of esters is 1. The molecule has 2 aromatic carbocycles. The summed E-state index contributed by atoms with van der Waals surface area (Å²) in [6.45, 7) is 4.87. The van der Waals surface area contributed by atoms with Crippen molar-refractivity contribution in [3.8, 4) is 5.75 Å². The lowest BCUT2D eigenvalue weighted by molar-refractivity contribution is -0.116. The van der Waals surface area contributed by atoms with Crippen LogP contribution >= 0.6 is 22.9 Å². The second-order valence-electron chi connectivity index (χ2n) is 8.97. The van der Waals surface area contributed by atoms with Crippen LogP contribution in [0.5, 0.6) is 5.75 Å². The van der Waals surface area contributed by atoms with E-state index >= 15 is 0 Å². The van der Waals surface area contributed by atoms with E-state index in [4.69, 9.17) is 21.1 Å². The van der Waals surface area contributed by atoms with Crippen molar-refractivity contribution in [1.29, 1.82) is 0 Å². The van der Waals surface area contributed by atoms with E-state index in [0.29, 0.717) is 11.3 Å². The van der Waals surface area contributed by atoms with Gasteiger partial charge in [-0.1, -0.05) is 18.2 Å². The molecule has 1 heterocycles. The van der Waals surface area contributed by atoms with E-state index in [1.165, 1.54) is 24.8 Å². The number of ether oxygens (including phenoxy) is 2. The molecule has 0 fully saturated rings. The SMILES string of the molecule is COc1ccc(CN(c2scnc2C(=O)OC(C)(C)C)S(=O)(=O)c2ccc(CC(=O)CCl)c(F)c2)cc1. The molecule has 0 bridgehead atoms. The van der Waals surface area contributed by atoms with Crippen molar-refractivity contribution >= 4 is 49.7 Å². The minimum absolute atomic E-state index is 0.0203. The number of ketones is 1. The molecule has 37 heavy (non-hydrogen) atoms. The lowest BCUT2D eigenvalue weighted by Gasteiger charge is -2.25. The summed E-state index contributed by atoms with van der Waals surface area (Å²) in [5.41, 5.74) is 0.932. The summed E-state index contributed by atoms with van der Waals surface area (Å²) in [4.78, 5) is 28.2. The standard InChI is InChI=1S/C25H26ClFN2O6S2/c1-25(2,3)35-24(31)22-23(36-15-28-22)29(14-16-5-8-19(34-4)9-6-16)37(32,33)20-10-7-17(21(27)12-20)11-18(30)13-26/h5-10,12,15H,11,13-14H2,1-4H3. The zero-order valence-corrected chi connectivity index (χ0v) is 23.0. The molecule has 3 rings (SSSR count). The lowest BCUT2D eigenvalue weighted by Crippen LogP contribution is -2.32. The first kappa shape index (κ1) is 28.5. The first-order valence-electron chi connectivity index (χ1n) is 11.0. The number of alkyl halides is 1. The Balaban J connectivity index is 2.08. The number of sulfonamides is 1. The van der Waals surface area contributed by atoms with E-state index in [1.54, 1.807) is 45.0 Å². The van der Waals surface area contributed by atoms with Gasteiger partial charge in [-0.25, -0.2) is 22.6 Å². The van der Waals surface area contributed by atoms with Crippen LogP contribution in [-0.4, -0.2) is 43.7 Å². The van der Waals surface area contributed by atoms with E-state index in [9.17, 15) is 22.4 Å². The Kier molecular flexibility index (Phi) is 8.93. The third-order valence-corrected chi connectivity index (χ3v) is 8.00. The molecule has 0 amide bonds. The summed E-state index contributed by atoms with van der Waals surface area (Å²) < 4.78 is 54.1. The predicted octanol–water partition coefficient (Wildman–Crippen LogP) is 4.99. The number of benzene rings is 2. The molecule has 3 aromatic rings. The summed E-state index contributed by atoms with van der Waals surface area (Å²) in [6, 6.07) is 9.99.